The number of amides is 2. The molecule has 0 atom stereocenters. The van der Waals surface area contributed by atoms with Crippen molar-refractivity contribution in [2.75, 3.05) is 6.61 Å². The van der Waals surface area contributed by atoms with Gasteiger partial charge in [0.15, 0.2) is 11.7 Å². The van der Waals surface area contributed by atoms with Crippen LogP contribution < -0.4 is 20.9 Å². The van der Waals surface area contributed by atoms with Crippen LogP contribution in [0.3, 0.4) is 0 Å². The van der Waals surface area contributed by atoms with Crippen molar-refractivity contribution in [1.82, 2.24) is 16.2 Å². The van der Waals surface area contributed by atoms with Crippen molar-refractivity contribution in [3.63, 3.8) is 0 Å². The highest BCUT2D eigenvalue weighted by atomic mass is 32.1. The van der Waals surface area contributed by atoms with Gasteiger partial charge in [0, 0.05) is 5.92 Å². The molecule has 1 aromatic rings. The van der Waals surface area contributed by atoms with Crippen LogP contribution >= 0.6 is 12.2 Å². The second-order valence-electron chi connectivity index (χ2n) is 5.26. The largest absolute Gasteiger partial charge is 0.484 e. The summed E-state index contributed by atoms with van der Waals surface area (Å²) in [6.07, 6.45) is 0. The number of hydrogen-bond acceptors (Lipinski definition) is 4. The molecule has 0 unspecified atom stereocenters. The predicted molar refractivity (Wildman–Crippen MR) is 88.3 cm³/mol. The fourth-order valence-electron chi connectivity index (χ4n) is 1.62. The molecule has 3 N–H and O–H groups in total. The third-order valence-corrected chi connectivity index (χ3v) is 2.85. The van der Waals surface area contributed by atoms with Crippen molar-refractivity contribution in [2.45, 2.75) is 27.7 Å². The van der Waals surface area contributed by atoms with Crippen molar-refractivity contribution in [2.24, 2.45) is 5.92 Å². The quantitative estimate of drug-likeness (QED) is 0.576. The van der Waals surface area contributed by atoms with E-state index in [-0.39, 0.29) is 23.5 Å². The first-order valence-electron chi connectivity index (χ1n) is 6.88. The van der Waals surface area contributed by atoms with E-state index >= 15 is 0 Å². The maximum atomic E-state index is 11.6. The van der Waals surface area contributed by atoms with Gasteiger partial charge in [-0.3, -0.25) is 20.4 Å². The highest BCUT2D eigenvalue weighted by Gasteiger charge is 2.09. The Kier molecular flexibility index (Phi) is 6.78. The Morgan fingerprint density at radius 2 is 1.73 bits per heavy atom. The number of rotatable bonds is 4. The van der Waals surface area contributed by atoms with Crippen LogP contribution in [0.4, 0.5) is 0 Å². The molecule has 0 aliphatic carbocycles. The lowest BCUT2D eigenvalue weighted by Crippen LogP contribution is -2.50. The molecule has 0 fully saturated rings. The van der Waals surface area contributed by atoms with E-state index in [1.165, 1.54) is 0 Å². The summed E-state index contributed by atoms with van der Waals surface area (Å²) in [5, 5.41) is 2.49. The second-order valence-corrected chi connectivity index (χ2v) is 5.67. The Hall–Kier alpha value is -2.15. The number of thiocarbonyl (C=S) groups is 1. The van der Waals surface area contributed by atoms with Crippen LogP contribution in [-0.4, -0.2) is 23.5 Å². The average molecular weight is 323 g/mol. The second kappa shape index (κ2) is 8.33. The van der Waals surface area contributed by atoms with Crippen molar-refractivity contribution in [3.05, 3.63) is 29.3 Å². The zero-order chi connectivity index (χ0) is 16.7. The molecule has 6 nitrogen and oxygen atoms in total. The van der Waals surface area contributed by atoms with E-state index in [2.05, 4.69) is 16.2 Å². The molecular formula is C15H21N3O3S. The molecule has 0 aromatic heterocycles. The third kappa shape index (κ3) is 6.53. The molecule has 1 aromatic carbocycles. The number of carbonyl (C=O) groups is 2. The van der Waals surface area contributed by atoms with Crippen LogP contribution in [0.2, 0.25) is 0 Å². The van der Waals surface area contributed by atoms with E-state index in [9.17, 15) is 9.59 Å². The maximum absolute atomic E-state index is 11.6. The first-order valence-corrected chi connectivity index (χ1v) is 7.29. The van der Waals surface area contributed by atoms with Gasteiger partial charge in [-0.05, 0) is 49.3 Å². The lowest BCUT2D eigenvalue weighted by Gasteiger charge is -2.12. The van der Waals surface area contributed by atoms with Crippen molar-refractivity contribution >= 4 is 29.1 Å². The van der Waals surface area contributed by atoms with Crippen LogP contribution in [0.15, 0.2) is 18.2 Å². The van der Waals surface area contributed by atoms with Gasteiger partial charge in [0.1, 0.15) is 5.75 Å². The van der Waals surface area contributed by atoms with Crippen molar-refractivity contribution in [3.8, 4) is 5.75 Å². The molecule has 1 rings (SSSR count). The van der Waals surface area contributed by atoms with E-state index in [0.717, 1.165) is 11.1 Å². The summed E-state index contributed by atoms with van der Waals surface area (Å²) in [5.41, 5.74) is 6.93. The van der Waals surface area contributed by atoms with E-state index in [1.54, 1.807) is 13.8 Å². The van der Waals surface area contributed by atoms with Crippen LogP contribution in [-0.2, 0) is 9.59 Å². The molecule has 0 aliphatic heterocycles. The van der Waals surface area contributed by atoms with Crippen LogP contribution in [0.25, 0.3) is 0 Å². The topological polar surface area (TPSA) is 79.5 Å². The number of hydrogen-bond donors (Lipinski definition) is 3. The number of ether oxygens (including phenoxy) is 1. The van der Waals surface area contributed by atoms with E-state index in [1.807, 2.05) is 32.0 Å². The lowest BCUT2D eigenvalue weighted by atomic mass is 10.1. The summed E-state index contributed by atoms with van der Waals surface area (Å²) in [4.78, 5) is 23.0. The molecular weight excluding hydrogens is 302 g/mol. The molecule has 120 valence electrons. The molecule has 0 bridgehead atoms. The van der Waals surface area contributed by atoms with E-state index in [4.69, 9.17) is 17.0 Å². The molecule has 0 radical (unpaired) electrons. The van der Waals surface area contributed by atoms with Crippen LogP contribution in [0.5, 0.6) is 5.75 Å². The number of aryl methyl sites for hydroxylation is 2. The fourth-order valence-corrected chi connectivity index (χ4v) is 1.77. The Labute approximate surface area is 135 Å². The average Bonchev–Trinajstić information content (AvgIpc) is 2.41. The van der Waals surface area contributed by atoms with Gasteiger partial charge < -0.3 is 10.1 Å². The SMILES string of the molecule is Cc1cc(C)cc(OCC(=O)NNC(=S)NC(=O)C(C)C)c1. The molecule has 0 saturated carbocycles. The summed E-state index contributed by atoms with van der Waals surface area (Å²) in [6, 6.07) is 5.72. The van der Waals surface area contributed by atoms with E-state index in [0.29, 0.717) is 5.75 Å². The standard InChI is InChI=1S/C15H21N3O3S/c1-9(2)14(20)16-15(22)18-17-13(19)8-21-12-6-10(3)5-11(4)7-12/h5-7,9H,8H2,1-4H3,(H,17,19)(H2,16,18,20,22). The Morgan fingerprint density at radius 3 is 2.27 bits per heavy atom. The number of benzene rings is 1. The number of hydrazine groups is 1. The normalized spacial score (nSPS) is 10.0. The summed E-state index contributed by atoms with van der Waals surface area (Å²) in [7, 11) is 0. The smallest absolute Gasteiger partial charge is 0.276 e. The van der Waals surface area contributed by atoms with Gasteiger partial charge in [-0.15, -0.1) is 0 Å². The minimum atomic E-state index is -0.402. The lowest BCUT2D eigenvalue weighted by molar-refractivity contribution is -0.124. The molecule has 0 saturated heterocycles. The zero-order valence-electron chi connectivity index (χ0n) is 13.1. The highest BCUT2D eigenvalue weighted by Crippen LogP contribution is 2.15. The zero-order valence-corrected chi connectivity index (χ0v) is 14.0. The van der Waals surface area contributed by atoms with Crippen molar-refractivity contribution < 1.29 is 14.3 Å². The van der Waals surface area contributed by atoms with Gasteiger partial charge in [0.2, 0.25) is 5.91 Å². The van der Waals surface area contributed by atoms with Gasteiger partial charge in [0.05, 0.1) is 0 Å². The fraction of sp³-hybridized carbons (Fsp3) is 0.400. The summed E-state index contributed by atoms with van der Waals surface area (Å²) >= 11 is 4.88. The van der Waals surface area contributed by atoms with Gasteiger partial charge >= 0.3 is 0 Å². The van der Waals surface area contributed by atoms with Crippen LogP contribution in [0.1, 0.15) is 25.0 Å². The first kappa shape index (κ1) is 17.9. The Morgan fingerprint density at radius 1 is 1.14 bits per heavy atom. The number of nitrogens with one attached hydrogen (secondary N) is 3. The summed E-state index contributed by atoms with van der Waals surface area (Å²) in [6.45, 7) is 7.24. The minimum absolute atomic E-state index is 0.0402. The third-order valence-electron chi connectivity index (χ3n) is 2.64. The molecule has 2 amide bonds. The molecule has 22 heavy (non-hydrogen) atoms. The van der Waals surface area contributed by atoms with Gasteiger partial charge in [-0.2, -0.15) is 0 Å². The summed E-state index contributed by atoms with van der Waals surface area (Å²) in [5.74, 6) is -0.190. The molecule has 0 heterocycles. The Balaban J connectivity index is 2.34. The summed E-state index contributed by atoms with van der Waals surface area (Å²) < 4.78 is 5.40. The highest BCUT2D eigenvalue weighted by molar-refractivity contribution is 7.80. The van der Waals surface area contributed by atoms with E-state index < -0.39 is 5.91 Å². The van der Waals surface area contributed by atoms with Gasteiger partial charge in [0.25, 0.3) is 5.91 Å². The monoisotopic (exact) mass is 323 g/mol. The Bertz CT molecular complexity index is 553. The van der Waals surface area contributed by atoms with Gasteiger partial charge in [-0.25, -0.2) is 0 Å². The maximum Gasteiger partial charge on any atom is 0.276 e. The molecule has 7 heteroatoms. The van der Waals surface area contributed by atoms with Crippen LogP contribution in [0, 0.1) is 19.8 Å². The predicted octanol–water partition coefficient (Wildman–Crippen LogP) is 1.36. The minimum Gasteiger partial charge on any atom is -0.484 e. The number of carbonyl (C=O) groups excluding carboxylic acids is 2. The van der Waals surface area contributed by atoms with Gasteiger partial charge in [-0.1, -0.05) is 19.9 Å². The molecule has 0 aliphatic rings. The first-order chi connectivity index (χ1) is 10.3. The van der Waals surface area contributed by atoms with Crippen molar-refractivity contribution in [1.29, 1.82) is 0 Å². The molecule has 0 spiro atoms.